The van der Waals surface area contributed by atoms with Crippen molar-refractivity contribution < 1.29 is 4.74 Å². The van der Waals surface area contributed by atoms with Crippen molar-refractivity contribution in [2.24, 2.45) is 0 Å². The molecule has 4 nitrogen and oxygen atoms in total. The van der Waals surface area contributed by atoms with Crippen molar-refractivity contribution >= 4 is 5.82 Å². The number of hydrogen-bond acceptors (Lipinski definition) is 4. The van der Waals surface area contributed by atoms with Gasteiger partial charge in [-0.25, -0.2) is 4.98 Å². The Balaban J connectivity index is 2.03. The Hall–Kier alpha value is -2.10. The van der Waals surface area contributed by atoms with Crippen LogP contribution in [-0.4, -0.2) is 16.6 Å². The van der Waals surface area contributed by atoms with Crippen LogP contribution in [0, 0.1) is 0 Å². The van der Waals surface area contributed by atoms with Crippen LogP contribution in [-0.2, 0) is 6.54 Å². The Morgan fingerprint density at radius 3 is 2.88 bits per heavy atom. The highest BCUT2D eigenvalue weighted by Gasteiger charge is 2.02. The number of nitrogens with one attached hydrogen (secondary N) is 1. The zero-order valence-corrected chi connectivity index (χ0v) is 9.76. The summed E-state index contributed by atoms with van der Waals surface area (Å²) in [6, 6.07) is 7.70. The molecule has 0 atom stereocenters. The number of nitrogens with zero attached hydrogens (tertiary/aromatic N) is 2. The Kier molecular flexibility index (Phi) is 3.91. The molecule has 0 fully saturated rings. The van der Waals surface area contributed by atoms with Crippen molar-refractivity contribution in [2.75, 3.05) is 11.9 Å². The molecule has 0 amide bonds. The van der Waals surface area contributed by atoms with Crippen LogP contribution in [0.2, 0.25) is 0 Å². The van der Waals surface area contributed by atoms with Gasteiger partial charge in [0, 0.05) is 25.1 Å². The molecule has 0 radical (unpaired) electrons. The molecule has 0 aliphatic heterocycles. The molecular formula is C13H15N3O. The maximum atomic E-state index is 5.48. The molecule has 0 saturated carbocycles. The molecule has 0 spiro atoms. The van der Waals surface area contributed by atoms with Gasteiger partial charge in [0.05, 0.1) is 6.61 Å². The number of pyridine rings is 2. The summed E-state index contributed by atoms with van der Waals surface area (Å²) in [6.45, 7) is 3.27. The van der Waals surface area contributed by atoms with Gasteiger partial charge in [0.2, 0.25) is 0 Å². The Morgan fingerprint density at radius 2 is 2.12 bits per heavy atom. The average molecular weight is 229 g/mol. The zero-order valence-electron chi connectivity index (χ0n) is 9.76. The summed E-state index contributed by atoms with van der Waals surface area (Å²) in [7, 11) is 0. The largest absolute Gasteiger partial charge is 0.490 e. The fourth-order valence-corrected chi connectivity index (χ4v) is 1.48. The molecule has 17 heavy (non-hydrogen) atoms. The number of ether oxygens (including phenoxy) is 1. The minimum Gasteiger partial charge on any atom is -0.490 e. The highest BCUT2D eigenvalue weighted by Crippen LogP contribution is 2.21. The quantitative estimate of drug-likeness (QED) is 0.855. The Bertz CT molecular complexity index is 459. The molecule has 4 heteroatoms. The standard InChI is InChI=1S/C13H15N3O/c1-2-17-12-6-4-8-15-13(12)16-10-11-5-3-7-14-9-11/h3-9H,2,10H2,1H3,(H,15,16). The first-order chi connectivity index (χ1) is 8.40. The summed E-state index contributed by atoms with van der Waals surface area (Å²) in [5, 5.41) is 3.24. The van der Waals surface area contributed by atoms with E-state index in [1.165, 1.54) is 0 Å². The number of anilines is 1. The molecule has 0 aromatic carbocycles. The van der Waals surface area contributed by atoms with E-state index in [9.17, 15) is 0 Å². The van der Waals surface area contributed by atoms with Crippen molar-refractivity contribution in [1.82, 2.24) is 9.97 Å². The zero-order chi connectivity index (χ0) is 11.9. The lowest BCUT2D eigenvalue weighted by atomic mass is 10.3. The maximum absolute atomic E-state index is 5.48. The fraction of sp³-hybridized carbons (Fsp3) is 0.231. The van der Waals surface area contributed by atoms with E-state index in [1.54, 1.807) is 12.4 Å². The lowest BCUT2D eigenvalue weighted by molar-refractivity contribution is 0.340. The summed E-state index contributed by atoms with van der Waals surface area (Å²) in [6.07, 6.45) is 5.33. The van der Waals surface area contributed by atoms with Crippen LogP contribution in [0.5, 0.6) is 5.75 Å². The van der Waals surface area contributed by atoms with Crippen LogP contribution < -0.4 is 10.1 Å². The monoisotopic (exact) mass is 229 g/mol. The van der Waals surface area contributed by atoms with Gasteiger partial charge in [-0.3, -0.25) is 4.98 Å². The highest BCUT2D eigenvalue weighted by atomic mass is 16.5. The van der Waals surface area contributed by atoms with Gasteiger partial charge in [0.15, 0.2) is 11.6 Å². The molecule has 2 aromatic heterocycles. The van der Waals surface area contributed by atoms with Gasteiger partial charge in [-0.2, -0.15) is 0 Å². The third kappa shape index (κ3) is 3.17. The third-order valence-electron chi connectivity index (χ3n) is 2.25. The van der Waals surface area contributed by atoms with E-state index in [-0.39, 0.29) is 0 Å². The summed E-state index contributed by atoms with van der Waals surface area (Å²) >= 11 is 0. The molecule has 0 aliphatic carbocycles. The van der Waals surface area contributed by atoms with Gasteiger partial charge in [0.1, 0.15) is 0 Å². The van der Waals surface area contributed by atoms with Crippen LogP contribution in [0.25, 0.3) is 0 Å². The maximum Gasteiger partial charge on any atom is 0.169 e. The molecule has 2 heterocycles. The van der Waals surface area contributed by atoms with Crippen molar-refractivity contribution in [3.63, 3.8) is 0 Å². The number of rotatable bonds is 5. The van der Waals surface area contributed by atoms with E-state index in [2.05, 4.69) is 15.3 Å². The second kappa shape index (κ2) is 5.84. The van der Waals surface area contributed by atoms with E-state index in [0.717, 1.165) is 17.1 Å². The summed E-state index contributed by atoms with van der Waals surface area (Å²) in [4.78, 5) is 8.32. The van der Waals surface area contributed by atoms with Gasteiger partial charge in [-0.05, 0) is 30.7 Å². The van der Waals surface area contributed by atoms with Crippen molar-refractivity contribution in [3.05, 3.63) is 48.4 Å². The first-order valence-electron chi connectivity index (χ1n) is 5.60. The minimum absolute atomic E-state index is 0.632. The van der Waals surface area contributed by atoms with Crippen LogP contribution in [0.15, 0.2) is 42.9 Å². The molecule has 0 aliphatic rings. The van der Waals surface area contributed by atoms with Gasteiger partial charge in [-0.15, -0.1) is 0 Å². The lowest BCUT2D eigenvalue weighted by Gasteiger charge is -2.10. The fourth-order valence-electron chi connectivity index (χ4n) is 1.48. The van der Waals surface area contributed by atoms with E-state index >= 15 is 0 Å². The van der Waals surface area contributed by atoms with Crippen LogP contribution in [0.3, 0.4) is 0 Å². The van der Waals surface area contributed by atoms with Crippen molar-refractivity contribution in [2.45, 2.75) is 13.5 Å². The topological polar surface area (TPSA) is 47.0 Å². The molecule has 2 rings (SSSR count). The number of aromatic nitrogens is 2. The van der Waals surface area contributed by atoms with E-state index in [1.807, 2.05) is 37.4 Å². The molecule has 88 valence electrons. The highest BCUT2D eigenvalue weighted by molar-refractivity contribution is 5.49. The smallest absolute Gasteiger partial charge is 0.169 e. The molecule has 2 aromatic rings. The first kappa shape index (κ1) is 11.4. The van der Waals surface area contributed by atoms with Crippen LogP contribution >= 0.6 is 0 Å². The van der Waals surface area contributed by atoms with Crippen molar-refractivity contribution in [1.29, 1.82) is 0 Å². The summed E-state index contributed by atoms with van der Waals surface area (Å²) in [5.74, 6) is 1.54. The van der Waals surface area contributed by atoms with Crippen LogP contribution in [0.1, 0.15) is 12.5 Å². The van der Waals surface area contributed by atoms with Gasteiger partial charge >= 0.3 is 0 Å². The lowest BCUT2D eigenvalue weighted by Crippen LogP contribution is -2.04. The van der Waals surface area contributed by atoms with Gasteiger partial charge in [0.25, 0.3) is 0 Å². The first-order valence-corrected chi connectivity index (χ1v) is 5.60. The second-order valence-electron chi connectivity index (χ2n) is 3.50. The van der Waals surface area contributed by atoms with E-state index in [0.29, 0.717) is 13.2 Å². The summed E-state index contributed by atoms with van der Waals surface area (Å²) < 4.78 is 5.48. The molecular weight excluding hydrogens is 214 g/mol. The normalized spacial score (nSPS) is 9.94. The molecule has 0 bridgehead atoms. The minimum atomic E-state index is 0.632. The predicted molar refractivity (Wildman–Crippen MR) is 67.0 cm³/mol. The molecule has 0 saturated heterocycles. The Morgan fingerprint density at radius 1 is 1.24 bits per heavy atom. The molecule has 0 unspecified atom stereocenters. The average Bonchev–Trinajstić information content (AvgIpc) is 2.39. The van der Waals surface area contributed by atoms with Crippen LogP contribution in [0.4, 0.5) is 5.82 Å². The van der Waals surface area contributed by atoms with E-state index < -0.39 is 0 Å². The molecule has 1 N–H and O–H groups in total. The van der Waals surface area contributed by atoms with Gasteiger partial charge in [-0.1, -0.05) is 6.07 Å². The van der Waals surface area contributed by atoms with Gasteiger partial charge < -0.3 is 10.1 Å². The SMILES string of the molecule is CCOc1cccnc1NCc1cccnc1. The summed E-state index contributed by atoms with van der Waals surface area (Å²) in [5.41, 5.74) is 1.11. The number of hydrogen-bond donors (Lipinski definition) is 1. The predicted octanol–water partition coefficient (Wildman–Crippen LogP) is 2.49. The van der Waals surface area contributed by atoms with E-state index in [4.69, 9.17) is 4.74 Å². The third-order valence-corrected chi connectivity index (χ3v) is 2.25. The van der Waals surface area contributed by atoms with Crippen molar-refractivity contribution in [3.8, 4) is 5.75 Å². The Labute approximate surface area is 101 Å². The second-order valence-corrected chi connectivity index (χ2v) is 3.50.